The lowest BCUT2D eigenvalue weighted by atomic mass is 10.0. The number of halogens is 3. The molecule has 2 N–H and O–H groups in total. The van der Waals surface area contributed by atoms with Crippen molar-refractivity contribution < 1.29 is 23.1 Å². The number of phenolic OH excluding ortho intramolecular Hbond substituents is 1. The second-order valence-electron chi connectivity index (χ2n) is 9.45. The largest absolute Gasteiger partial charge is 0.508 e. The molecule has 0 radical (unpaired) electrons. The van der Waals surface area contributed by atoms with E-state index < -0.39 is 11.7 Å². The van der Waals surface area contributed by atoms with Gasteiger partial charge >= 0.3 is 12.2 Å². The van der Waals surface area contributed by atoms with E-state index >= 15 is 0 Å². The number of piperazine rings is 1. The molecule has 3 heterocycles. The molecule has 190 valence electrons. The van der Waals surface area contributed by atoms with Crippen molar-refractivity contribution >= 4 is 12.0 Å². The number of anilines is 1. The molecular formula is C24H31F3N6O2. The zero-order valence-electron chi connectivity index (χ0n) is 19.9. The highest BCUT2D eigenvalue weighted by molar-refractivity contribution is 5.75. The number of likely N-dealkylation sites (tertiary alicyclic amines) is 1. The lowest BCUT2D eigenvalue weighted by Gasteiger charge is -2.45. The van der Waals surface area contributed by atoms with Gasteiger partial charge in [-0.15, -0.1) is 0 Å². The number of piperidine rings is 1. The number of hydrogen-bond acceptors (Lipinski definition) is 6. The zero-order chi connectivity index (χ0) is 25.2. The van der Waals surface area contributed by atoms with Crippen LogP contribution in [-0.4, -0.2) is 75.2 Å². The highest BCUT2D eigenvalue weighted by Crippen LogP contribution is 2.29. The molecule has 0 bridgehead atoms. The molecule has 0 saturated carbocycles. The SMILES string of the molecule is C[C@@H]1CN(c2ncc(C(F)(F)F)cn2)C[C@H](C)N1C(=O)NC1CCN(Cc2ccc(O)cc2)CC1. The Morgan fingerprint density at radius 3 is 2.17 bits per heavy atom. The molecule has 1 aromatic carbocycles. The number of rotatable bonds is 4. The lowest BCUT2D eigenvalue weighted by molar-refractivity contribution is -0.138. The van der Waals surface area contributed by atoms with Crippen LogP contribution in [-0.2, 0) is 12.7 Å². The van der Waals surface area contributed by atoms with Crippen molar-refractivity contribution in [1.82, 2.24) is 25.1 Å². The van der Waals surface area contributed by atoms with Gasteiger partial charge in [0.1, 0.15) is 5.75 Å². The van der Waals surface area contributed by atoms with Gasteiger partial charge in [0.2, 0.25) is 5.95 Å². The van der Waals surface area contributed by atoms with E-state index in [0.717, 1.165) is 50.4 Å². The second kappa shape index (κ2) is 10.3. The first-order valence-electron chi connectivity index (χ1n) is 11.8. The maximum absolute atomic E-state index is 13.1. The van der Waals surface area contributed by atoms with Gasteiger partial charge in [-0.2, -0.15) is 13.2 Å². The van der Waals surface area contributed by atoms with Crippen LogP contribution in [0.3, 0.4) is 0 Å². The number of aromatic hydroxyl groups is 1. The van der Waals surface area contributed by atoms with Crippen LogP contribution in [0, 0.1) is 0 Å². The van der Waals surface area contributed by atoms with Gasteiger partial charge in [0.05, 0.1) is 5.56 Å². The lowest BCUT2D eigenvalue weighted by Crippen LogP contribution is -2.62. The Kier molecular flexibility index (Phi) is 7.34. The predicted octanol–water partition coefficient (Wildman–Crippen LogP) is 3.47. The van der Waals surface area contributed by atoms with Gasteiger partial charge in [-0.05, 0) is 44.4 Å². The Hall–Kier alpha value is -3.08. The Morgan fingerprint density at radius 2 is 1.63 bits per heavy atom. The first-order valence-corrected chi connectivity index (χ1v) is 11.8. The van der Waals surface area contributed by atoms with E-state index in [4.69, 9.17) is 0 Å². The predicted molar refractivity (Wildman–Crippen MR) is 125 cm³/mol. The Labute approximate surface area is 202 Å². The molecule has 0 unspecified atom stereocenters. The molecule has 1 aromatic heterocycles. The zero-order valence-corrected chi connectivity index (χ0v) is 19.9. The summed E-state index contributed by atoms with van der Waals surface area (Å²) in [6.45, 7) is 7.27. The molecule has 0 aliphatic carbocycles. The number of carbonyl (C=O) groups is 1. The van der Waals surface area contributed by atoms with E-state index in [1.807, 2.05) is 35.8 Å². The molecule has 0 spiro atoms. The minimum atomic E-state index is -4.47. The number of aromatic nitrogens is 2. The second-order valence-corrected chi connectivity index (χ2v) is 9.45. The number of hydrogen-bond donors (Lipinski definition) is 2. The summed E-state index contributed by atoms with van der Waals surface area (Å²) >= 11 is 0. The third-order valence-electron chi connectivity index (χ3n) is 6.66. The highest BCUT2D eigenvalue weighted by Gasteiger charge is 2.36. The van der Waals surface area contributed by atoms with Crippen LogP contribution in [0.15, 0.2) is 36.7 Å². The number of carbonyl (C=O) groups excluding carboxylic acids is 1. The van der Waals surface area contributed by atoms with E-state index in [-0.39, 0.29) is 35.9 Å². The van der Waals surface area contributed by atoms with Gasteiger partial charge in [0.15, 0.2) is 0 Å². The number of amides is 2. The van der Waals surface area contributed by atoms with Crippen molar-refractivity contribution in [2.45, 2.75) is 57.5 Å². The quantitative estimate of drug-likeness (QED) is 0.680. The molecule has 2 aromatic rings. The average Bonchev–Trinajstić information content (AvgIpc) is 2.81. The summed E-state index contributed by atoms with van der Waals surface area (Å²) in [5, 5.41) is 12.6. The fourth-order valence-corrected chi connectivity index (χ4v) is 4.86. The average molecular weight is 493 g/mol. The van der Waals surface area contributed by atoms with Gasteiger partial charge in [-0.25, -0.2) is 14.8 Å². The van der Waals surface area contributed by atoms with Crippen molar-refractivity contribution in [2.24, 2.45) is 0 Å². The first kappa shape index (κ1) is 25.0. The minimum absolute atomic E-state index is 0.0919. The molecule has 2 aliphatic rings. The highest BCUT2D eigenvalue weighted by atomic mass is 19.4. The standard InChI is InChI=1S/C24H31F3N6O2/c1-16-13-32(22-28-11-19(12-29-22)24(25,26)27)14-17(2)33(16)23(35)30-20-7-9-31(10-8-20)15-18-3-5-21(34)6-4-18/h3-6,11-12,16-17,20,34H,7-10,13-15H2,1-2H3,(H,30,35)/t16-,17+. The van der Waals surface area contributed by atoms with E-state index in [2.05, 4.69) is 20.2 Å². The fraction of sp³-hybridized carbons (Fsp3) is 0.542. The van der Waals surface area contributed by atoms with Crippen LogP contribution in [0.4, 0.5) is 23.9 Å². The van der Waals surface area contributed by atoms with E-state index in [9.17, 15) is 23.1 Å². The van der Waals surface area contributed by atoms with Crippen LogP contribution in [0.25, 0.3) is 0 Å². The van der Waals surface area contributed by atoms with Gasteiger partial charge in [-0.1, -0.05) is 12.1 Å². The number of alkyl halides is 3. The third-order valence-corrected chi connectivity index (χ3v) is 6.66. The monoisotopic (exact) mass is 492 g/mol. The number of benzene rings is 1. The molecule has 4 rings (SSSR count). The summed E-state index contributed by atoms with van der Waals surface area (Å²) in [6.07, 6.45) is -1.18. The summed E-state index contributed by atoms with van der Waals surface area (Å²) in [7, 11) is 0. The van der Waals surface area contributed by atoms with Crippen LogP contribution >= 0.6 is 0 Å². The summed E-state index contributed by atoms with van der Waals surface area (Å²) in [6, 6.07) is 6.88. The summed E-state index contributed by atoms with van der Waals surface area (Å²) in [5.74, 6) is 0.490. The van der Waals surface area contributed by atoms with E-state index in [1.165, 1.54) is 0 Å². The van der Waals surface area contributed by atoms with Crippen molar-refractivity contribution in [1.29, 1.82) is 0 Å². The van der Waals surface area contributed by atoms with Crippen molar-refractivity contribution in [3.05, 3.63) is 47.8 Å². The fourth-order valence-electron chi connectivity index (χ4n) is 4.86. The molecule has 2 amide bonds. The van der Waals surface area contributed by atoms with Gasteiger partial charge in [0.25, 0.3) is 0 Å². The summed E-state index contributed by atoms with van der Waals surface area (Å²) in [4.78, 5) is 26.9. The Bertz CT molecular complexity index is 982. The van der Waals surface area contributed by atoms with Gasteiger partial charge in [0, 0.05) is 63.2 Å². The van der Waals surface area contributed by atoms with Crippen LogP contribution in [0.1, 0.15) is 37.8 Å². The summed E-state index contributed by atoms with van der Waals surface area (Å²) < 4.78 is 38.4. The van der Waals surface area contributed by atoms with Crippen molar-refractivity contribution in [3.63, 3.8) is 0 Å². The van der Waals surface area contributed by atoms with Gasteiger partial charge < -0.3 is 20.2 Å². The molecule has 2 saturated heterocycles. The first-order chi connectivity index (χ1) is 16.6. The van der Waals surface area contributed by atoms with Crippen molar-refractivity contribution in [2.75, 3.05) is 31.1 Å². The van der Waals surface area contributed by atoms with E-state index in [1.54, 1.807) is 12.1 Å². The van der Waals surface area contributed by atoms with E-state index in [0.29, 0.717) is 13.1 Å². The Balaban J connectivity index is 1.27. The molecule has 35 heavy (non-hydrogen) atoms. The van der Waals surface area contributed by atoms with Crippen LogP contribution in [0.5, 0.6) is 5.75 Å². The molecule has 2 aliphatic heterocycles. The van der Waals surface area contributed by atoms with Crippen LogP contribution < -0.4 is 10.2 Å². The normalized spacial score (nSPS) is 22.3. The third kappa shape index (κ3) is 6.14. The maximum Gasteiger partial charge on any atom is 0.419 e. The summed E-state index contributed by atoms with van der Waals surface area (Å²) in [5.41, 5.74) is 0.261. The van der Waals surface area contributed by atoms with Gasteiger partial charge in [-0.3, -0.25) is 4.90 Å². The van der Waals surface area contributed by atoms with Crippen LogP contribution in [0.2, 0.25) is 0 Å². The minimum Gasteiger partial charge on any atom is -0.508 e. The Morgan fingerprint density at radius 1 is 1.06 bits per heavy atom. The maximum atomic E-state index is 13.1. The molecule has 2 fully saturated rings. The topological polar surface area (TPSA) is 84.8 Å². The van der Waals surface area contributed by atoms with Crippen molar-refractivity contribution in [3.8, 4) is 5.75 Å². The molecule has 8 nitrogen and oxygen atoms in total. The number of nitrogens with zero attached hydrogens (tertiary/aromatic N) is 5. The molecular weight excluding hydrogens is 461 g/mol. The number of nitrogens with one attached hydrogen (secondary N) is 1. The molecule has 11 heteroatoms. The number of phenols is 1. The number of urea groups is 1. The smallest absolute Gasteiger partial charge is 0.419 e. The molecule has 2 atom stereocenters.